The number of ether oxygens (including phenoxy) is 1. The molecule has 0 bridgehead atoms. The number of hydrogen-bond acceptors (Lipinski definition) is 5. The summed E-state index contributed by atoms with van der Waals surface area (Å²) in [4.78, 5) is 17.1. The second-order valence-electron chi connectivity index (χ2n) is 7.45. The Hall–Kier alpha value is -2.71. The minimum atomic E-state index is -3.54. The topological polar surface area (TPSA) is 81.5 Å². The standard InChI is InChI=1S/C22H27N3O4S/c1-6-25-19-9-8-17(30(27,28)24(4)5)14-18(19)23-21(25)11-12-22(26)29-20-10-7-15(2)13-16(20)3/h7-10,13-14H,6,11-12H2,1-5H3. The SMILES string of the molecule is CCn1c(CCC(=O)Oc2ccc(C)cc2C)nc2cc(S(=O)(=O)N(C)C)ccc21. The molecule has 3 rings (SSSR count). The van der Waals surface area contributed by atoms with Crippen molar-refractivity contribution in [1.82, 2.24) is 13.9 Å². The van der Waals surface area contributed by atoms with E-state index in [2.05, 4.69) is 4.98 Å². The average Bonchev–Trinajstić information content (AvgIpc) is 3.05. The van der Waals surface area contributed by atoms with Crippen LogP contribution in [0.2, 0.25) is 0 Å². The Kier molecular flexibility index (Phi) is 6.28. The van der Waals surface area contributed by atoms with Gasteiger partial charge in [0.2, 0.25) is 10.0 Å². The average molecular weight is 430 g/mol. The highest BCUT2D eigenvalue weighted by Gasteiger charge is 2.20. The largest absolute Gasteiger partial charge is 0.426 e. The lowest BCUT2D eigenvalue weighted by Gasteiger charge is -2.11. The van der Waals surface area contributed by atoms with E-state index in [1.165, 1.54) is 18.4 Å². The number of fused-ring (bicyclic) bond motifs is 1. The molecule has 0 amide bonds. The fourth-order valence-electron chi connectivity index (χ4n) is 3.38. The summed E-state index contributed by atoms with van der Waals surface area (Å²) in [6.07, 6.45) is 0.585. The molecule has 0 aliphatic heterocycles. The first-order valence-corrected chi connectivity index (χ1v) is 11.3. The molecule has 0 aliphatic carbocycles. The van der Waals surface area contributed by atoms with Gasteiger partial charge >= 0.3 is 5.97 Å². The molecule has 7 nitrogen and oxygen atoms in total. The molecular formula is C22H27N3O4S. The van der Waals surface area contributed by atoms with Gasteiger partial charge < -0.3 is 9.30 Å². The minimum Gasteiger partial charge on any atom is -0.426 e. The maximum Gasteiger partial charge on any atom is 0.311 e. The van der Waals surface area contributed by atoms with Gasteiger partial charge in [-0.2, -0.15) is 0 Å². The molecule has 3 aromatic rings. The number of carbonyl (C=O) groups is 1. The monoisotopic (exact) mass is 429 g/mol. The molecule has 0 spiro atoms. The van der Waals surface area contributed by atoms with E-state index in [1.54, 1.807) is 24.3 Å². The molecule has 0 unspecified atom stereocenters. The van der Waals surface area contributed by atoms with Gasteiger partial charge in [-0.25, -0.2) is 17.7 Å². The zero-order valence-corrected chi connectivity index (χ0v) is 18.8. The maximum absolute atomic E-state index is 12.4. The number of rotatable bonds is 7. The Balaban J connectivity index is 1.81. The van der Waals surface area contributed by atoms with Crippen molar-refractivity contribution in [3.05, 3.63) is 53.3 Å². The summed E-state index contributed by atoms with van der Waals surface area (Å²) in [6, 6.07) is 10.6. The minimum absolute atomic E-state index is 0.180. The molecular weight excluding hydrogens is 402 g/mol. The number of carbonyl (C=O) groups excluding carboxylic acids is 1. The summed E-state index contributed by atoms with van der Waals surface area (Å²) in [5, 5.41) is 0. The van der Waals surface area contributed by atoms with E-state index >= 15 is 0 Å². The van der Waals surface area contributed by atoms with E-state index in [0.29, 0.717) is 24.2 Å². The number of esters is 1. The summed E-state index contributed by atoms with van der Waals surface area (Å²) < 4.78 is 33.5. The number of aromatic nitrogens is 2. The summed E-state index contributed by atoms with van der Waals surface area (Å²) >= 11 is 0. The van der Waals surface area contributed by atoms with Crippen molar-refractivity contribution in [2.75, 3.05) is 14.1 Å². The Morgan fingerprint density at radius 2 is 1.87 bits per heavy atom. The number of hydrogen-bond donors (Lipinski definition) is 0. The van der Waals surface area contributed by atoms with Crippen LogP contribution in [0, 0.1) is 13.8 Å². The number of benzene rings is 2. The van der Waals surface area contributed by atoms with Crippen molar-refractivity contribution in [2.24, 2.45) is 0 Å². The van der Waals surface area contributed by atoms with Crippen LogP contribution in [0.5, 0.6) is 5.75 Å². The highest BCUT2D eigenvalue weighted by atomic mass is 32.2. The highest BCUT2D eigenvalue weighted by molar-refractivity contribution is 7.89. The van der Waals surface area contributed by atoms with Crippen molar-refractivity contribution in [3.8, 4) is 5.75 Å². The molecule has 0 N–H and O–H groups in total. The molecule has 0 saturated carbocycles. The van der Waals surface area contributed by atoms with Crippen LogP contribution in [-0.4, -0.2) is 42.3 Å². The lowest BCUT2D eigenvalue weighted by Crippen LogP contribution is -2.22. The summed E-state index contributed by atoms with van der Waals surface area (Å²) in [5.41, 5.74) is 3.46. The first-order chi connectivity index (χ1) is 14.1. The van der Waals surface area contributed by atoms with E-state index in [9.17, 15) is 13.2 Å². The second kappa shape index (κ2) is 8.57. The third-order valence-corrected chi connectivity index (χ3v) is 6.81. The molecule has 0 saturated heterocycles. The van der Waals surface area contributed by atoms with Crippen LogP contribution < -0.4 is 4.74 Å². The first-order valence-electron chi connectivity index (χ1n) is 9.83. The normalized spacial score (nSPS) is 11.9. The molecule has 30 heavy (non-hydrogen) atoms. The van der Waals surface area contributed by atoms with Crippen LogP contribution in [0.1, 0.15) is 30.3 Å². The van der Waals surface area contributed by atoms with Crippen molar-refractivity contribution in [1.29, 1.82) is 0 Å². The zero-order chi connectivity index (χ0) is 22.1. The van der Waals surface area contributed by atoms with Crippen LogP contribution >= 0.6 is 0 Å². The van der Waals surface area contributed by atoms with Crippen molar-refractivity contribution >= 4 is 27.0 Å². The van der Waals surface area contributed by atoms with Gasteiger partial charge in [-0.3, -0.25) is 4.79 Å². The fourth-order valence-corrected chi connectivity index (χ4v) is 4.30. The molecule has 1 heterocycles. The highest BCUT2D eigenvalue weighted by Crippen LogP contribution is 2.23. The molecule has 2 aromatic carbocycles. The second-order valence-corrected chi connectivity index (χ2v) is 9.61. The van der Waals surface area contributed by atoms with Gasteiger partial charge in [0.1, 0.15) is 11.6 Å². The Morgan fingerprint density at radius 1 is 1.13 bits per heavy atom. The first kappa shape index (κ1) is 22.0. The van der Waals surface area contributed by atoms with E-state index < -0.39 is 10.0 Å². The lowest BCUT2D eigenvalue weighted by molar-refractivity contribution is -0.134. The van der Waals surface area contributed by atoms with Gasteiger partial charge in [0.25, 0.3) is 0 Å². The molecule has 0 atom stereocenters. The predicted octanol–water partition coefficient (Wildman–Crippen LogP) is 3.46. The summed E-state index contributed by atoms with van der Waals surface area (Å²) in [6.45, 7) is 6.55. The maximum atomic E-state index is 12.4. The summed E-state index contributed by atoms with van der Waals surface area (Å²) in [7, 11) is -0.542. The lowest BCUT2D eigenvalue weighted by atomic mass is 10.1. The Morgan fingerprint density at radius 3 is 2.50 bits per heavy atom. The van der Waals surface area contributed by atoms with Crippen LogP contribution in [0.25, 0.3) is 11.0 Å². The van der Waals surface area contributed by atoms with Crippen LogP contribution in [0.4, 0.5) is 0 Å². The van der Waals surface area contributed by atoms with Gasteiger partial charge in [0, 0.05) is 27.1 Å². The van der Waals surface area contributed by atoms with Gasteiger partial charge in [-0.05, 0) is 50.6 Å². The van der Waals surface area contributed by atoms with Crippen molar-refractivity contribution in [3.63, 3.8) is 0 Å². The fraction of sp³-hybridized carbons (Fsp3) is 0.364. The van der Waals surface area contributed by atoms with Gasteiger partial charge in [-0.1, -0.05) is 17.7 Å². The van der Waals surface area contributed by atoms with Gasteiger partial charge in [0.15, 0.2) is 0 Å². The van der Waals surface area contributed by atoms with E-state index in [1.807, 2.05) is 37.5 Å². The van der Waals surface area contributed by atoms with Gasteiger partial charge in [-0.15, -0.1) is 0 Å². The number of imidazole rings is 1. The van der Waals surface area contributed by atoms with Crippen LogP contribution in [0.15, 0.2) is 41.3 Å². The molecule has 0 fully saturated rings. The molecule has 0 aliphatic rings. The number of aryl methyl sites for hydroxylation is 4. The summed E-state index contributed by atoms with van der Waals surface area (Å²) in [5.74, 6) is 0.963. The Bertz CT molecular complexity index is 1200. The number of nitrogens with zero attached hydrogens (tertiary/aromatic N) is 3. The van der Waals surface area contributed by atoms with Crippen molar-refractivity contribution in [2.45, 2.75) is 45.1 Å². The molecule has 0 radical (unpaired) electrons. The van der Waals surface area contributed by atoms with E-state index in [4.69, 9.17) is 4.74 Å². The molecule has 160 valence electrons. The van der Waals surface area contributed by atoms with Gasteiger partial charge in [0.05, 0.1) is 22.3 Å². The van der Waals surface area contributed by atoms with E-state index in [-0.39, 0.29) is 17.3 Å². The number of sulfonamides is 1. The zero-order valence-electron chi connectivity index (χ0n) is 18.0. The smallest absolute Gasteiger partial charge is 0.311 e. The third-order valence-electron chi connectivity index (χ3n) is 5.00. The Labute approximate surface area is 177 Å². The van der Waals surface area contributed by atoms with E-state index in [0.717, 1.165) is 22.5 Å². The molecule has 1 aromatic heterocycles. The van der Waals surface area contributed by atoms with Crippen LogP contribution in [-0.2, 0) is 27.8 Å². The quantitative estimate of drug-likeness (QED) is 0.424. The van der Waals surface area contributed by atoms with Crippen molar-refractivity contribution < 1.29 is 17.9 Å². The predicted molar refractivity (Wildman–Crippen MR) is 116 cm³/mol. The third kappa shape index (κ3) is 4.39. The molecule has 8 heteroatoms. The van der Waals surface area contributed by atoms with Crippen LogP contribution in [0.3, 0.4) is 0 Å².